The van der Waals surface area contributed by atoms with E-state index in [1.165, 1.54) is 16.1 Å². The number of benzene rings is 1. The number of nitrogens with one attached hydrogen (secondary N) is 1. The van der Waals surface area contributed by atoms with Gasteiger partial charge in [0.25, 0.3) is 0 Å². The smallest absolute Gasteiger partial charge is 0.223 e. The molecule has 1 aliphatic rings. The Labute approximate surface area is 144 Å². The second kappa shape index (κ2) is 7.98. The standard InChI is InChI=1S/C17H27N3O3S/c1-14-4-6-16(7-5-14)19(2)13-10-18-17(21)15-8-11-20(12-9-15)24(3,22)23/h4-7,15H,8-13H2,1-3H3,(H,18,21). The van der Waals surface area contributed by atoms with E-state index in [-0.39, 0.29) is 11.8 Å². The lowest BCUT2D eigenvalue weighted by atomic mass is 9.97. The quantitative estimate of drug-likeness (QED) is 0.835. The number of hydrogen-bond acceptors (Lipinski definition) is 4. The van der Waals surface area contributed by atoms with Gasteiger partial charge in [0, 0.05) is 44.8 Å². The summed E-state index contributed by atoms with van der Waals surface area (Å²) in [5.74, 6) is -0.0619. The molecule has 1 saturated heterocycles. The molecule has 0 radical (unpaired) electrons. The van der Waals surface area contributed by atoms with Crippen LogP contribution in [0.3, 0.4) is 0 Å². The van der Waals surface area contributed by atoms with Gasteiger partial charge in [-0.1, -0.05) is 17.7 Å². The van der Waals surface area contributed by atoms with Crippen LogP contribution in [0.2, 0.25) is 0 Å². The van der Waals surface area contributed by atoms with Crippen molar-refractivity contribution in [1.82, 2.24) is 9.62 Å². The van der Waals surface area contributed by atoms with Gasteiger partial charge in [-0.25, -0.2) is 12.7 Å². The van der Waals surface area contributed by atoms with E-state index in [1.807, 2.05) is 7.05 Å². The second-order valence-electron chi connectivity index (χ2n) is 6.48. The van der Waals surface area contributed by atoms with E-state index < -0.39 is 10.0 Å². The summed E-state index contributed by atoms with van der Waals surface area (Å²) in [7, 11) is -1.14. The zero-order valence-electron chi connectivity index (χ0n) is 14.7. The van der Waals surface area contributed by atoms with Crippen molar-refractivity contribution in [1.29, 1.82) is 0 Å². The van der Waals surface area contributed by atoms with Crippen LogP contribution in [0.5, 0.6) is 0 Å². The van der Waals surface area contributed by atoms with E-state index in [1.54, 1.807) is 0 Å². The molecular weight excluding hydrogens is 326 g/mol. The van der Waals surface area contributed by atoms with Crippen LogP contribution in [0.1, 0.15) is 18.4 Å². The average Bonchev–Trinajstić information content (AvgIpc) is 2.54. The molecule has 134 valence electrons. The second-order valence-corrected chi connectivity index (χ2v) is 8.47. The number of carbonyl (C=O) groups is 1. The molecule has 1 fully saturated rings. The molecule has 0 saturated carbocycles. The van der Waals surface area contributed by atoms with Gasteiger partial charge in [-0.05, 0) is 31.9 Å². The van der Waals surface area contributed by atoms with Gasteiger partial charge in [-0.2, -0.15) is 0 Å². The van der Waals surface area contributed by atoms with Crippen LogP contribution in [0.15, 0.2) is 24.3 Å². The Kier molecular flexibility index (Phi) is 6.23. The van der Waals surface area contributed by atoms with Crippen LogP contribution >= 0.6 is 0 Å². The van der Waals surface area contributed by atoms with E-state index in [2.05, 4.69) is 41.4 Å². The summed E-state index contributed by atoms with van der Waals surface area (Å²) in [4.78, 5) is 14.3. The summed E-state index contributed by atoms with van der Waals surface area (Å²) >= 11 is 0. The van der Waals surface area contributed by atoms with E-state index in [0.29, 0.717) is 32.5 Å². The van der Waals surface area contributed by atoms with Crippen LogP contribution in [0.25, 0.3) is 0 Å². The molecule has 1 aliphatic heterocycles. The Morgan fingerprint density at radius 3 is 2.38 bits per heavy atom. The molecular formula is C17H27N3O3S. The Balaban J connectivity index is 1.73. The number of piperidine rings is 1. The third-order valence-electron chi connectivity index (χ3n) is 4.51. The van der Waals surface area contributed by atoms with Crippen molar-refractivity contribution >= 4 is 21.6 Å². The molecule has 0 bridgehead atoms. The molecule has 1 heterocycles. The van der Waals surface area contributed by atoms with Gasteiger partial charge < -0.3 is 10.2 Å². The molecule has 0 aromatic heterocycles. The van der Waals surface area contributed by atoms with Crippen molar-refractivity contribution in [3.05, 3.63) is 29.8 Å². The fourth-order valence-corrected chi connectivity index (χ4v) is 3.74. The normalized spacial score (nSPS) is 16.8. The van der Waals surface area contributed by atoms with Crippen LogP contribution in [-0.2, 0) is 14.8 Å². The number of carbonyl (C=O) groups excluding carboxylic acids is 1. The highest BCUT2D eigenvalue weighted by Crippen LogP contribution is 2.19. The van der Waals surface area contributed by atoms with Crippen molar-refractivity contribution < 1.29 is 13.2 Å². The lowest BCUT2D eigenvalue weighted by Gasteiger charge is -2.29. The topological polar surface area (TPSA) is 69.7 Å². The SMILES string of the molecule is Cc1ccc(N(C)CCNC(=O)C2CCN(S(C)(=O)=O)CC2)cc1. The van der Waals surface area contributed by atoms with Crippen molar-refractivity contribution in [3.8, 4) is 0 Å². The van der Waals surface area contributed by atoms with Gasteiger partial charge in [0.15, 0.2) is 0 Å². The first kappa shape index (κ1) is 18.7. The highest BCUT2D eigenvalue weighted by Gasteiger charge is 2.28. The first-order valence-corrected chi connectivity index (χ1v) is 10.1. The Hall–Kier alpha value is -1.60. The molecule has 2 rings (SSSR count). The van der Waals surface area contributed by atoms with Crippen LogP contribution in [-0.4, -0.2) is 58.1 Å². The minimum atomic E-state index is -3.14. The number of sulfonamides is 1. The van der Waals surface area contributed by atoms with Crippen LogP contribution in [0, 0.1) is 12.8 Å². The van der Waals surface area contributed by atoms with E-state index in [9.17, 15) is 13.2 Å². The molecule has 1 amide bonds. The molecule has 0 atom stereocenters. The number of aryl methyl sites for hydroxylation is 1. The van der Waals surface area contributed by atoms with E-state index in [0.717, 1.165) is 12.2 Å². The van der Waals surface area contributed by atoms with Crippen molar-refractivity contribution in [2.45, 2.75) is 19.8 Å². The summed E-state index contributed by atoms with van der Waals surface area (Å²) in [6.45, 7) is 4.23. The minimum Gasteiger partial charge on any atom is -0.373 e. The Bertz CT molecular complexity index is 650. The van der Waals surface area contributed by atoms with Gasteiger partial charge in [-0.3, -0.25) is 4.79 Å². The number of rotatable bonds is 6. The highest BCUT2D eigenvalue weighted by atomic mass is 32.2. The predicted molar refractivity (Wildman–Crippen MR) is 96.6 cm³/mol. The Morgan fingerprint density at radius 1 is 1.25 bits per heavy atom. The number of hydrogen-bond donors (Lipinski definition) is 1. The minimum absolute atomic E-state index is 0.0282. The van der Waals surface area contributed by atoms with Gasteiger partial charge >= 0.3 is 0 Å². The molecule has 1 aromatic carbocycles. The maximum Gasteiger partial charge on any atom is 0.223 e. The summed E-state index contributed by atoms with van der Waals surface area (Å²) in [6, 6.07) is 8.27. The summed E-state index contributed by atoms with van der Waals surface area (Å²) in [6.07, 6.45) is 2.40. The molecule has 6 nitrogen and oxygen atoms in total. The van der Waals surface area contributed by atoms with Crippen molar-refractivity contribution in [2.24, 2.45) is 5.92 Å². The highest BCUT2D eigenvalue weighted by molar-refractivity contribution is 7.88. The third kappa shape index (κ3) is 5.21. The summed E-state index contributed by atoms with van der Waals surface area (Å²) in [5.41, 5.74) is 2.34. The fraction of sp³-hybridized carbons (Fsp3) is 0.588. The number of amides is 1. The summed E-state index contributed by atoms with van der Waals surface area (Å²) in [5, 5.41) is 2.97. The molecule has 0 unspecified atom stereocenters. The largest absolute Gasteiger partial charge is 0.373 e. The third-order valence-corrected chi connectivity index (χ3v) is 5.82. The lowest BCUT2D eigenvalue weighted by Crippen LogP contribution is -2.43. The first-order valence-electron chi connectivity index (χ1n) is 8.28. The molecule has 1 aromatic rings. The van der Waals surface area contributed by atoms with Gasteiger partial charge in [0.2, 0.25) is 15.9 Å². The molecule has 0 aliphatic carbocycles. The summed E-state index contributed by atoms with van der Waals surface area (Å²) < 4.78 is 24.4. The van der Waals surface area contributed by atoms with E-state index in [4.69, 9.17) is 0 Å². The van der Waals surface area contributed by atoms with Gasteiger partial charge in [0.05, 0.1) is 6.26 Å². The average molecular weight is 353 g/mol. The van der Waals surface area contributed by atoms with E-state index >= 15 is 0 Å². The van der Waals surface area contributed by atoms with Gasteiger partial charge in [-0.15, -0.1) is 0 Å². The van der Waals surface area contributed by atoms with Crippen LogP contribution < -0.4 is 10.2 Å². The number of likely N-dealkylation sites (N-methyl/N-ethyl adjacent to an activating group) is 1. The van der Waals surface area contributed by atoms with Crippen molar-refractivity contribution in [3.63, 3.8) is 0 Å². The lowest BCUT2D eigenvalue weighted by molar-refractivity contribution is -0.126. The maximum atomic E-state index is 12.2. The first-order chi connectivity index (χ1) is 11.3. The molecule has 1 N–H and O–H groups in total. The number of nitrogens with zero attached hydrogens (tertiary/aromatic N) is 2. The number of anilines is 1. The molecule has 7 heteroatoms. The Morgan fingerprint density at radius 2 is 1.83 bits per heavy atom. The maximum absolute atomic E-state index is 12.2. The predicted octanol–water partition coefficient (Wildman–Crippen LogP) is 1.22. The molecule has 0 spiro atoms. The monoisotopic (exact) mass is 353 g/mol. The zero-order chi connectivity index (χ0) is 17.7. The molecule has 24 heavy (non-hydrogen) atoms. The zero-order valence-corrected chi connectivity index (χ0v) is 15.5. The van der Waals surface area contributed by atoms with Crippen LogP contribution in [0.4, 0.5) is 5.69 Å². The van der Waals surface area contributed by atoms with Gasteiger partial charge in [0.1, 0.15) is 0 Å². The van der Waals surface area contributed by atoms with Crippen molar-refractivity contribution in [2.75, 3.05) is 44.4 Å². The fourth-order valence-electron chi connectivity index (χ4n) is 2.87.